The highest BCUT2D eigenvalue weighted by Gasteiger charge is 2.52. The fourth-order valence-corrected chi connectivity index (χ4v) is 2.39. The molecule has 1 heterocycles. The van der Waals surface area contributed by atoms with Crippen molar-refractivity contribution in [2.24, 2.45) is 0 Å². The molecule has 0 unspecified atom stereocenters. The maximum absolute atomic E-state index is 13.8. The summed E-state index contributed by atoms with van der Waals surface area (Å²) in [6.07, 6.45) is 1.63. The number of aliphatic hydroxyl groups excluding tert-OH is 1. The highest BCUT2D eigenvalue weighted by atomic mass is 19.1. The van der Waals surface area contributed by atoms with Gasteiger partial charge in [-0.05, 0) is 57.8 Å². The van der Waals surface area contributed by atoms with Gasteiger partial charge in [0.2, 0.25) is 0 Å². The van der Waals surface area contributed by atoms with E-state index in [1.165, 1.54) is 18.2 Å². The summed E-state index contributed by atoms with van der Waals surface area (Å²) in [4.78, 5) is 11.8. The second kappa shape index (κ2) is 7.27. The van der Waals surface area contributed by atoms with Crippen LogP contribution in [0.4, 0.5) is 4.39 Å². The first-order chi connectivity index (χ1) is 11.6. The highest BCUT2D eigenvalue weighted by molar-refractivity contribution is 6.55. The summed E-state index contributed by atoms with van der Waals surface area (Å²) in [5, 5.41) is 9.71. The second-order valence-corrected chi connectivity index (χ2v) is 6.93. The number of hydrogen-bond acceptors (Lipinski definition) is 5. The van der Waals surface area contributed by atoms with E-state index < -0.39 is 30.1 Å². The number of carbonyl (C=O) groups excluding carboxylic acids is 1. The van der Waals surface area contributed by atoms with Crippen molar-refractivity contribution in [1.29, 1.82) is 0 Å². The van der Waals surface area contributed by atoms with Crippen molar-refractivity contribution in [3.8, 4) is 0 Å². The summed E-state index contributed by atoms with van der Waals surface area (Å²) in [7, 11) is -0.717. The molecule has 7 heteroatoms. The molecule has 0 atom stereocenters. The zero-order chi connectivity index (χ0) is 18.8. The van der Waals surface area contributed by atoms with E-state index in [2.05, 4.69) is 0 Å². The average molecular weight is 350 g/mol. The average Bonchev–Trinajstić information content (AvgIpc) is 2.74. The fourth-order valence-electron chi connectivity index (χ4n) is 2.39. The van der Waals surface area contributed by atoms with Crippen molar-refractivity contribution in [1.82, 2.24) is 0 Å². The molecule has 0 saturated carbocycles. The van der Waals surface area contributed by atoms with Crippen LogP contribution >= 0.6 is 0 Å². The maximum Gasteiger partial charge on any atom is 0.492 e. The van der Waals surface area contributed by atoms with Crippen LogP contribution in [0.25, 0.3) is 6.08 Å². The van der Waals surface area contributed by atoms with Crippen molar-refractivity contribution in [2.75, 3.05) is 13.2 Å². The number of hydrogen-bond donors (Lipinski definition) is 1. The summed E-state index contributed by atoms with van der Waals surface area (Å²) < 4.78 is 30.5. The van der Waals surface area contributed by atoms with Gasteiger partial charge in [0.1, 0.15) is 5.82 Å². The van der Waals surface area contributed by atoms with Gasteiger partial charge in [-0.25, -0.2) is 9.18 Å². The molecule has 0 bridgehead atoms. The summed E-state index contributed by atoms with van der Waals surface area (Å²) >= 11 is 0. The SMILES string of the molecule is CCOC(=O)c1cc(C=C(CO)B2OC(C)(C)C(C)(C)O2)ccc1F. The summed E-state index contributed by atoms with van der Waals surface area (Å²) in [6, 6.07) is 4.09. The van der Waals surface area contributed by atoms with Crippen LogP contribution in [0.2, 0.25) is 0 Å². The number of carbonyl (C=O) groups is 1. The number of esters is 1. The minimum absolute atomic E-state index is 0.151. The molecule has 136 valence electrons. The molecule has 0 aromatic heterocycles. The molecule has 0 amide bonds. The molecule has 1 saturated heterocycles. The molecular weight excluding hydrogens is 326 g/mol. The van der Waals surface area contributed by atoms with E-state index in [9.17, 15) is 14.3 Å². The topological polar surface area (TPSA) is 65.0 Å². The number of ether oxygens (including phenoxy) is 1. The third-order valence-corrected chi connectivity index (χ3v) is 4.58. The van der Waals surface area contributed by atoms with Crippen LogP contribution in [0.3, 0.4) is 0 Å². The van der Waals surface area contributed by atoms with Gasteiger partial charge in [0.05, 0.1) is 30.0 Å². The van der Waals surface area contributed by atoms with E-state index in [0.717, 1.165) is 0 Å². The minimum atomic E-state index is -0.726. The Morgan fingerprint density at radius 2 is 1.88 bits per heavy atom. The van der Waals surface area contributed by atoms with Crippen LogP contribution in [-0.4, -0.2) is 42.6 Å². The molecule has 25 heavy (non-hydrogen) atoms. The van der Waals surface area contributed by atoms with E-state index in [0.29, 0.717) is 11.0 Å². The molecule has 1 aromatic carbocycles. The number of halogens is 1. The largest absolute Gasteiger partial charge is 0.492 e. The van der Waals surface area contributed by atoms with Crippen LogP contribution in [0.15, 0.2) is 23.7 Å². The smallest absolute Gasteiger partial charge is 0.462 e. The Balaban J connectivity index is 2.32. The van der Waals surface area contributed by atoms with Gasteiger partial charge >= 0.3 is 13.1 Å². The number of benzene rings is 1. The van der Waals surface area contributed by atoms with Gasteiger partial charge in [-0.1, -0.05) is 12.1 Å². The lowest BCUT2D eigenvalue weighted by atomic mass is 9.77. The Hall–Kier alpha value is -1.70. The van der Waals surface area contributed by atoms with Crippen LogP contribution in [0.5, 0.6) is 0 Å². The summed E-state index contributed by atoms with van der Waals surface area (Å²) in [5.41, 5.74) is -0.194. The molecule has 2 rings (SSSR count). The molecule has 5 nitrogen and oxygen atoms in total. The lowest BCUT2D eigenvalue weighted by molar-refractivity contribution is 0.00578. The lowest BCUT2D eigenvalue weighted by Gasteiger charge is -2.32. The first kappa shape index (κ1) is 19.6. The summed E-state index contributed by atoms with van der Waals surface area (Å²) in [5.74, 6) is -1.38. The van der Waals surface area contributed by atoms with Gasteiger partial charge < -0.3 is 19.2 Å². The van der Waals surface area contributed by atoms with Crippen molar-refractivity contribution in [2.45, 2.75) is 45.8 Å². The molecular formula is C18H24BFO5. The zero-order valence-electron chi connectivity index (χ0n) is 15.3. The first-order valence-corrected chi connectivity index (χ1v) is 8.25. The predicted octanol–water partition coefficient (Wildman–Crippen LogP) is 3.01. The zero-order valence-corrected chi connectivity index (χ0v) is 15.3. The molecule has 1 aromatic rings. The summed E-state index contributed by atoms with van der Waals surface area (Å²) in [6.45, 7) is 9.19. The normalized spacial score (nSPS) is 19.2. The van der Waals surface area contributed by atoms with E-state index in [-0.39, 0.29) is 18.8 Å². The van der Waals surface area contributed by atoms with Crippen molar-refractivity contribution in [3.63, 3.8) is 0 Å². The fraction of sp³-hybridized carbons (Fsp3) is 0.500. The van der Waals surface area contributed by atoms with Gasteiger partial charge in [-0.15, -0.1) is 0 Å². The van der Waals surface area contributed by atoms with E-state index in [1.807, 2.05) is 27.7 Å². The van der Waals surface area contributed by atoms with Crippen molar-refractivity contribution >= 4 is 19.2 Å². The van der Waals surface area contributed by atoms with Gasteiger partial charge in [0.15, 0.2) is 0 Å². The Kier molecular flexibility index (Phi) is 5.71. The van der Waals surface area contributed by atoms with Gasteiger partial charge in [-0.3, -0.25) is 0 Å². The third-order valence-electron chi connectivity index (χ3n) is 4.58. The predicted molar refractivity (Wildman–Crippen MR) is 93.5 cm³/mol. The monoisotopic (exact) mass is 350 g/mol. The first-order valence-electron chi connectivity index (χ1n) is 8.25. The standard InChI is InChI=1S/C18H24BFO5/c1-6-23-16(22)14-10-12(7-8-15(14)20)9-13(11-21)19-24-17(2,3)18(4,5)25-19/h7-10,21H,6,11H2,1-5H3. The third kappa shape index (κ3) is 4.11. The molecule has 0 spiro atoms. The number of rotatable bonds is 5. The second-order valence-electron chi connectivity index (χ2n) is 6.93. The van der Waals surface area contributed by atoms with Crippen LogP contribution in [-0.2, 0) is 14.0 Å². The van der Waals surface area contributed by atoms with Gasteiger partial charge in [0.25, 0.3) is 0 Å². The Morgan fingerprint density at radius 1 is 1.28 bits per heavy atom. The quantitative estimate of drug-likeness (QED) is 0.653. The molecule has 1 aliphatic rings. The van der Waals surface area contributed by atoms with E-state index >= 15 is 0 Å². The molecule has 1 aliphatic heterocycles. The van der Waals surface area contributed by atoms with Gasteiger partial charge in [-0.2, -0.15) is 0 Å². The minimum Gasteiger partial charge on any atom is -0.462 e. The Labute approximate surface area is 147 Å². The highest BCUT2D eigenvalue weighted by Crippen LogP contribution is 2.38. The maximum atomic E-state index is 13.8. The lowest BCUT2D eigenvalue weighted by Crippen LogP contribution is -2.41. The Bertz CT molecular complexity index is 668. The van der Waals surface area contributed by atoms with Crippen LogP contribution in [0.1, 0.15) is 50.5 Å². The van der Waals surface area contributed by atoms with E-state index in [1.54, 1.807) is 13.0 Å². The van der Waals surface area contributed by atoms with Crippen molar-refractivity contribution < 1.29 is 28.3 Å². The molecule has 0 radical (unpaired) electrons. The molecule has 1 fully saturated rings. The molecule has 0 aliphatic carbocycles. The van der Waals surface area contributed by atoms with Crippen LogP contribution < -0.4 is 0 Å². The number of aliphatic hydroxyl groups is 1. The molecule has 1 N–H and O–H groups in total. The van der Waals surface area contributed by atoms with Crippen molar-refractivity contribution in [3.05, 3.63) is 40.6 Å². The van der Waals surface area contributed by atoms with E-state index in [4.69, 9.17) is 14.0 Å². The van der Waals surface area contributed by atoms with Crippen LogP contribution in [0, 0.1) is 5.82 Å². The Morgan fingerprint density at radius 3 is 2.40 bits per heavy atom. The van der Waals surface area contributed by atoms with Gasteiger partial charge in [0, 0.05) is 0 Å².